The van der Waals surface area contributed by atoms with Crippen molar-refractivity contribution in [3.63, 3.8) is 0 Å². The Labute approximate surface area is 81.8 Å². The third kappa shape index (κ3) is 1.96. The lowest BCUT2D eigenvalue weighted by atomic mass is 9.98. The fourth-order valence-corrected chi connectivity index (χ4v) is 2.35. The SMILES string of the molecule is CCCC(C)(C)n1c(C)ccc1C. The molecule has 0 aromatic carbocycles. The molecule has 0 N–H and O–H groups in total. The fourth-order valence-electron chi connectivity index (χ4n) is 2.35. The zero-order chi connectivity index (χ0) is 10.1. The van der Waals surface area contributed by atoms with Crippen LogP contribution >= 0.6 is 0 Å². The highest BCUT2D eigenvalue weighted by molar-refractivity contribution is 5.16. The van der Waals surface area contributed by atoms with Gasteiger partial charge in [-0.15, -0.1) is 0 Å². The molecule has 0 radical (unpaired) electrons. The molecular formula is C12H21N. The Kier molecular flexibility index (Phi) is 2.84. The van der Waals surface area contributed by atoms with Crippen molar-refractivity contribution < 1.29 is 0 Å². The van der Waals surface area contributed by atoms with Crippen molar-refractivity contribution in [1.82, 2.24) is 4.57 Å². The number of hydrogen-bond acceptors (Lipinski definition) is 0. The zero-order valence-corrected chi connectivity index (χ0v) is 9.52. The lowest BCUT2D eigenvalue weighted by molar-refractivity contribution is 0.314. The molecule has 0 amide bonds. The van der Waals surface area contributed by atoms with Gasteiger partial charge in [0.25, 0.3) is 0 Å². The van der Waals surface area contributed by atoms with Gasteiger partial charge in [-0.1, -0.05) is 13.3 Å². The second kappa shape index (κ2) is 3.57. The quantitative estimate of drug-likeness (QED) is 0.667. The highest BCUT2D eigenvalue weighted by Crippen LogP contribution is 2.25. The maximum Gasteiger partial charge on any atom is 0.0388 e. The van der Waals surface area contributed by atoms with Crippen LogP contribution in [0.4, 0.5) is 0 Å². The molecule has 1 aromatic heterocycles. The van der Waals surface area contributed by atoms with E-state index in [0.29, 0.717) is 0 Å². The Bertz CT molecular complexity index is 262. The predicted octanol–water partition coefficient (Wildman–Crippen LogP) is 3.64. The summed E-state index contributed by atoms with van der Waals surface area (Å²) in [7, 11) is 0. The number of nitrogens with zero attached hydrogens (tertiary/aromatic N) is 1. The topological polar surface area (TPSA) is 4.93 Å². The van der Waals surface area contributed by atoms with Crippen molar-refractivity contribution in [2.45, 2.75) is 53.0 Å². The van der Waals surface area contributed by atoms with Crippen molar-refractivity contribution in [2.24, 2.45) is 0 Å². The molecule has 0 spiro atoms. The molecule has 1 nitrogen and oxygen atoms in total. The molecule has 0 saturated carbocycles. The summed E-state index contributed by atoms with van der Waals surface area (Å²) in [5, 5.41) is 0. The lowest BCUT2D eigenvalue weighted by Crippen LogP contribution is -2.27. The Morgan fingerprint density at radius 3 is 2.00 bits per heavy atom. The van der Waals surface area contributed by atoms with Crippen LogP contribution in [0, 0.1) is 13.8 Å². The third-order valence-electron chi connectivity index (χ3n) is 2.74. The average Bonchev–Trinajstić information content (AvgIpc) is 2.31. The van der Waals surface area contributed by atoms with E-state index >= 15 is 0 Å². The largest absolute Gasteiger partial charge is 0.344 e. The normalized spacial score (nSPS) is 12.1. The highest BCUT2D eigenvalue weighted by atomic mass is 15.1. The minimum atomic E-state index is 0.270. The first-order valence-corrected chi connectivity index (χ1v) is 5.14. The van der Waals surface area contributed by atoms with E-state index in [0.717, 1.165) is 0 Å². The number of aromatic nitrogens is 1. The smallest absolute Gasteiger partial charge is 0.0388 e. The summed E-state index contributed by atoms with van der Waals surface area (Å²) < 4.78 is 2.44. The van der Waals surface area contributed by atoms with E-state index < -0.39 is 0 Å². The molecule has 0 fully saturated rings. The molecule has 0 atom stereocenters. The summed E-state index contributed by atoms with van der Waals surface area (Å²) >= 11 is 0. The summed E-state index contributed by atoms with van der Waals surface area (Å²) in [4.78, 5) is 0. The molecule has 13 heavy (non-hydrogen) atoms. The van der Waals surface area contributed by atoms with Crippen LogP contribution in [0.25, 0.3) is 0 Å². The standard InChI is InChI=1S/C12H21N/c1-6-9-12(4,5)13-10(2)7-8-11(13)3/h7-8H,6,9H2,1-5H3. The van der Waals surface area contributed by atoms with Crippen molar-refractivity contribution in [3.05, 3.63) is 23.5 Å². The van der Waals surface area contributed by atoms with Crippen LogP contribution in [0.1, 0.15) is 45.0 Å². The van der Waals surface area contributed by atoms with Gasteiger partial charge in [0.15, 0.2) is 0 Å². The molecule has 0 aliphatic carbocycles. The van der Waals surface area contributed by atoms with Crippen LogP contribution in [0.3, 0.4) is 0 Å². The highest BCUT2D eigenvalue weighted by Gasteiger charge is 2.21. The second-order valence-corrected chi connectivity index (χ2v) is 4.51. The summed E-state index contributed by atoms with van der Waals surface area (Å²) in [6.45, 7) is 11.2. The van der Waals surface area contributed by atoms with Gasteiger partial charge in [0.1, 0.15) is 0 Å². The van der Waals surface area contributed by atoms with Crippen molar-refractivity contribution >= 4 is 0 Å². The van der Waals surface area contributed by atoms with Crippen LogP contribution in [0.15, 0.2) is 12.1 Å². The maximum absolute atomic E-state index is 2.44. The van der Waals surface area contributed by atoms with Crippen LogP contribution in [0.5, 0.6) is 0 Å². The number of rotatable bonds is 3. The molecule has 1 rings (SSSR count). The minimum absolute atomic E-state index is 0.270. The minimum Gasteiger partial charge on any atom is -0.344 e. The first-order valence-electron chi connectivity index (χ1n) is 5.14. The molecule has 1 heteroatoms. The molecule has 1 heterocycles. The van der Waals surface area contributed by atoms with Crippen molar-refractivity contribution in [2.75, 3.05) is 0 Å². The molecule has 0 aliphatic heterocycles. The molecule has 1 aromatic rings. The predicted molar refractivity (Wildman–Crippen MR) is 58.1 cm³/mol. The molecule has 0 aliphatic rings. The van der Waals surface area contributed by atoms with Gasteiger partial charge < -0.3 is 4.57 Å². The lowest BCUT2D eigenvalue weighted by Gasteiger charge is -2.30. The maximum atomic E-state index is 2.44. The van der Waals surface area contributed by atoms with Gasteiger partial charge in [0, 0.05) is 16.9 Å². The third-order valence-corrected chi connectivity index (χ3v) is 2.74. The van der Waals surface area contributed by atoms with E-state index in [1.165, 1.54) is 24.2 Å². The van der Waals surface area contributed by atoms with E-state index in [2.05, 4.69) is 51.3 Å². The fraction of sp³-hybridized carbons (Fsp3) is 0.667. The van der Waals surface area contributed by atoms with E-state index in [4.69, 9.17) is 0 Å². The van der Waals surface area contributed by atoms with E-state index in [1.54, 1.807) is 0 Å². The van der Waals surface area contributed by atoms with E-state index in [1.807, 2.05) is 0 Å². The van der Waals surface area contributed by atoms with Gasteiger partial charge in [0.05, 0.1) is 0 Å². The Morgan fingerprint density at radius 2 is 1.62 bits per heavy atom. The number of hydrogen-bond donors (Lipinski definition) is 0. The Hall–Kier alpha value is -0.720. The molecule has 0 bridgehead atoms. The van der Waals surface area contributed by atoms with Crippen molar-refractivity contribution in [3.8, 4) is 0 Å². The molecular weight excluding hydrogens is 158 g/mol. The van der Waals surface area contributed by atoms with Gasteiger partial charge in [-0.3, -0.25) is 0 Å². The van der Waals surface area contributed by atoms with Gasteiger partial charge in [0.2, 0.25) is 0 Å². The monoisotopic (exact) mass is 179 g/mol. The molecule has 74 valence electrons. The molecule has 0 unspecified atom stereocenters. The van der Waals surface area contributed by atoms with E-state index in [-0.39, 0.29) is 5.54 Å². The summed E-state index contributed by atoms with van der Waals surface area (Å²) in [5.41, 5.74) is 3.01. The van der Waals surface area contributed by atoms with Gasteiger partial charge in [-0.05, 0) is 46.2 Å². The van der Waals surface area contributed by atoms with Gasteiger partial charge in [-0.2, -0.15) is 0 Å². The summed E-state index contributed by atoms with van der Waals surface area (Å²) in [6, 6.07) is 4.40. The van der Waals surface area contributed by atoms with Crippen LogP contribution in [-0.2, 0) is 5.54 Å². The average molecular weight is 179 g/mol. The Morgan fingerprint density at radius 1 is 1.15 bits per heavy atom. The van der Waals surface area contributed by atoms with Crippen LogP contribution < -0.4 is 0 Å². The zero-order valence-electron chi connectivity index (χ0n) is 9.52. The first-order chi connectivity index (χ1) is 5.99. The first kappa shape index (κ1) is 10.4. The van der Waals surface area contributed by atoms with Gasteiger partial charge in [-0.25, -0.2) is 0 Å². The number of aryl methyl sites for hydroxylation is 2. The Balaban J connectivity index is 3.05. The van der Waals surface area contributed by atoms with Crippen LogP contribution in [-0.4, -0.2) is 4.57 Å². The summed E-state index contributed by atoms with van der Waals surface area (Å²) in [6.07, 6.45) is 2.48. The van der Waals surface area contributed by atoms with Crippen LogP contribution in [0.2, 0.25) is 0 Å². The molecule has 0 saturated heterocycles. The van der Waals surface area contributed by atoms with Crippen molar-refractivity contribution in [1.29, 1.82) is 0 Å². The second-order valence-electron chi connectivity index (χ2n) is 4.51. The van der Waals surface area contributed by atoms with E-state index in [9.17, 15) is 0 Å². The van der Waals surface area contributed by atoms with Gasteiger partial charge >= 0.3 is 0 Å². The summed E-state index contributed by atoms with van der Waals surface area (Å²) in [5.74, 6) is 0.